The summed E-state index contributed by atoms with van der Waals surface area (Å²) in [4.78, 5) is 10.6. The van der Waals surface area contributed by atoms with Crippen LogP contribution in [0, 0.1) is 0 Å². The Labute approximate surface area is 61.4 Å². The molecule has 0 aromatic heterocycles. The molecule has 3 heteroatoms. The van der Waals surface area contributed by atoms with E-state index in [9.17, 15) is 4.79 Å². The van der Waals surface area contributed by atoms with Crippen LogP contribution in [-0.2, 0) is 4.79 Å². The molecule has 0 radical (unpaired) electrons. The molecule has 0 heterocycles. The van der Waals surface area contributed by atoms with E-state index in [0.717, 1.165) is 0 Å². The molecule has 0 spiro atoms. The number of hydrogen-bond acceptors (Lipinski definition) is 3. The molecule has 1 atom stereocenters. The molecule has 2 nitrogen and oxygen atoms in total. The van der Waals surface area contributed by atoms with Gasteiger partial charge < -0.3 is 0 Å². The fraction of sp³-hybridized carbons (Fsp3) is 0.833. The van der Waals surface area contributed by atoms with Crippen molar-refractivity contribution in [1.29, 1.82) is 0 Å². The lowest BCUT2D eigenvalue weighted by Gasteiger charge is -2.03. The summed E-state index contributed by atoms with van der Waals surface area (Å²) in [6, 6.07) is 0. The first-order valence-corrected chi connectivity index (χ1v) is 3.61. The van der Waals surface area contributed by atoms with Gasteiger partial charge in [-0.2, -0.15) is 12.6 Å². The van der Waals surface area contributed by atoms with Gasteiger partial charge >= 0.3 is 0 Å². The van der Waals surface area contributed by atoms with E-state index in [1.54, 1.807) is 0 Å². The predicted molar refractivity (Wildman–Crippen MR) is 41.7 cm³/mol. The van der Waals surface area contributed by atoms with Crippen molar-refractivity contribution in [3.8, 4) is 0 Å². The fourth-order valence-corrected chi connectivity index (χ4v) is 0.478. The highest BCUT2D eigenvalue weighted by atomic mass is 32.1. The molecule has 0 aliphatic heterocycles. The Bertz CT molecular complexity index is 93.1. The molecule has 0 bridgehead atoms. The van der Waals surface area contributed by atoms with Crippen molar-refractivity contribution < 1.29 is 4.79 Å². The number of hydrogen-bond donors (Lipinski definition) is 2. The Kier molecular flexibility index (Phi) is 4.81. The maximum absolute atomic E-state index is 10.6. The van der Waals surface area contributed by atoms with Crippen LogP contribution in [0.5, 0.6) is 0 Å². The third kappa shape index (κ3) is 5.86. The van der Waals surface area contributed by atoms with Crippen LogP contribution in [0.3, 0.4) is 0 Å². The predicted octanol–water partition coefficient (Wildman–Crippen LogP) is 0.831. The van der Waals surface area contributed by atoms with Gasteiger partial charge in [-0.1, -0.05) is 6.92 Å². The van der Waals surface area contributed by atoms with Gasteiger partial charge in [0.25, 0.3) is 0 Å². The van der Waals surface area contributed by atoms with E-state index in [2.05, 4.69) is 17.9 Å². The second-order valence-electron chi connectivity index (χ2n) is 1.95. The lowest BCUT2D eigenvalue weighted by molar-refractivity contribution is -0.117. The van der Waals surface area contributed by atoms with Gasteiger partial charge in [0.15, 0.2) is 0 Å². The van der Waals surface area contributed by atoms with E-state index in [-0.39, 0.29) is 11.2 Å². The Morgan fingerprint density at radius 1 is 1.78 bits per heavy atom. The van der Waals surface area contributed by atoms with Gasteiger partial charge in [0, 0.05) is 11.8 Å². The summed E-state index contributed by atoms with van der Waals surface area (Å²) >= 11 is 4.05. The van der Waals surface area contributed by atoms with Crippen LogP contribution in [0.25, 0.3) is 0 Å². The molecule has 1 unspecified atom stereocenters. The quantitative estimate of drug-likeness (QED) is 0.455. The number of nitrogens with one attached hydrogen (secondary N) is 1. The van der Waals surface area contributed by atoms with Gasteiger partial charge in [-0.05, 0) is 6.92 Å². The van der Waals surface area contributed by atoms with Crippen molar-refractivity contribution in [1.82, 2.24) is 5.32 Å². The van der Waals surface area contributed by atoms with Crippen LogP contribution in [0.4, 0.5) is 0 Å². The molecule has 0 aliphatic rings. The fourth-order valence-electron chi connectivity index (χ4n) is 0.387. The molecule has 0 saturated heterocycles. The average Bonchev–Trinajstić information content (AvgIpc) is 1.83. The van der Waals surface area contributed by atoms with Crippen LogP contribution in [-0.4, -0.2) is 17.7 Å². The van der Waals surface area contributed by atoms with Crippen molar-refractivity contribution in [3.05, 3.63) is 0 Å². The highest BCUT2D eigenvalue weighted by Crippen LogP contribution is 1.85. The monoisotopic (exact) mass is 147 g/mol. The molecule has 0 rings (SSSR count). The first-order chi connectivity index (χ1) is 4.16. The second kappa shape index (κ2) is 4.82. The number of ketones is 1. The number of carbonyl (C=O) groups excluding carboxylic acids is 1. The van der Waals surface area contributed by atoms with Crippen LogP contribution in [0.2, 0.25) is 0 Å². The maximum Gasteiger partial charge on any atom is 0.146 e. The molecule has 0 fully saturated rings. The van der Waals surface area contributed by atoms with Crippen molar-refractivity contribution in [2.75, 3.05) is 6.54 Å². The Morgan fingerprint density at radius 2 is 2.33 bits per heavy atom. The lowest BCUT2D eigenvalue weighted by atomic mass is 10.3. The second-order valence-corrected chi connectivity index (χ2v) is 2.72. The van der Waals surface area contributed by atoms with Crippen LogP contribution >= 0.6 is 12.6 Å². The van der Waals surface area contributed by atoms with Gasteiger partial charge in [0.2, 0.25) is 0 Å². The number of carbonyl (C=O) groups is 1. The summed E-state index contributed by atoms with van der Waals surface area (Å²) in [5.74, 6) is 0.232. The Balaban J connectivity index is 3.17. The molecule has 0 aliphatic carbocycles. The van der Waals surface area contributed by atoms with Crippen LogP contribution in [0.15, 0.2) is 0 Å². The zero-order chi connectivity index (χ0) is 7.28. The first-order valence-electron chi connectivity index (χ1n) is 3.10. The smallest absolute Gasteiger partial charge is 0.146 e. The van der Waals surface area contributed by atoms with Crippen molar-refractivity contribution in [2.45, 2.75) is 25.6 Å². The minimum absolute atomic E-state index is 0.112. The van der Waals surface area contributed by atoms with Gasteiger partial charge in [0.1, 0.15) is 5.78 Å². The Hall–Kier alpha value is -0.0200. The lowest BCUT2D eigenvalue weighted by Crippen LogP contribution is -2.27. The zero-order valence-corrected chi connectivity index (χ0v) is 6.74. The van der Waals surface area contributed by atoms with Gasteiger partial charge in [-0.15, -0.1) is 0 Å². The minimum atomic E-state index is 0.112. The summed E-state index contributed by atoms with van der Waals surface area (Å²) in [7, 11) is 0. The topological polar surface area (TPSA) is 29.1 Å². The van der Waals surface area contributed by atoms with Gasteiger partial charge in [-0.3, -0.25) is 10.1 Å². The third-order valence-electron chi connectivity index (χ3n) is 0.989. The summed E-state index contributed by atoms with van der Waals surface area (Å²) in [6.07, 6.45) is 0.605. The molecule has 0 aromatic rings. The van der Waals surface area contributed by atoms with Crippen molar-refractivity contribution in [3.63, 3.8) is 0 Å². The standard InChI is InChI=1S/C6H13NOS/c1-3-6(8)4-7-5(2)9/h5,7,9H,3-4H2,1-2H3. The highest BCUT2D eigenvalue weighted by Gasteiger charge is 1.97. The zero-order valence-electron chi connectivity index (χ0n) is 5.85. The largest absolute Gasteiger partial charge is 0.299 e. The van der Waals surface area contributed by atoms with E-state index >= 15 is 0 Å². The molecular weight excluding hydrogens is 134 g/mol. The van der Waals surface area contributed by atoms with E-state index in [4.69, 9.17) is 0 Å². The number of thiol groups is 1. The normalized spacial score (nSPS) is 13.2. The van der Waals surface area contributed by atoms with Gasteiger partial charge in [-0.25, -0.2) is 0 Å². The average molecular weight is 147 g/mol. The molecule has 1 N–H and O–H groups in total. The van der Waals surface area contributed by atoms with Crippen LogP contribution in [0.1, 0.15) is 20.3 Å². The maximum atomic E-state index is 10.6. The summed E-state index contributed by atoms with van der Waals surface area (Å²) in [6.45, 7) is 4.19. The molecule has 54 valence electrons. The summed E-state index contributed by atoms with van der Waals surface area (Å²) in [5, 5.41) is 3.02. The molecule has 0 saturated carbocycles. The van der Waals surface area contributed by atoms with E-state index in [1.807, 2.05) is 13.8 Å². The van der Waals surface area contributed by atoms with E-state index in [1.165, 1.54) is 0 Å². The number of rotatable bonds is 4. The molecule has 0 amide bonds. The van der Waals surface area contributed by atoms with E-state index in [0.29, 0.717) is 13.0 Å². The SMILES string of the molecule is CCC(=O)CNC(C)S. The summed E-state index contributed by atoms with van der Waals surface area (Å²) < 4.78 is 0. The van der Waals surface area contributed by atoms with Crippen molar-refractivity contribution >= 4 is 18.4 Å². The van der Waals surface area contributed by atoms with Crippen LogP contribution < -0.4 is 5.32 Å². The highest BCUT2D eigenvalue weighted by molar-refractivity contribution is 7.80. The third-order valence-corrected chi connectivity index (χ3v) is 1.17. The van der Waals surface area contributed by atoms with Crippen molar-refractivity contribution in [2.24, 2.45) is 0 Å². The van der Waals surface area contributed by atoms with Gasteiger partial charge in [0.05, 0.1) is 6.54 Å². The first kappa shape index (κ1) is 8.98. The molecule has 0 aromatic carbocycles. The summed E-state index contributed by atoms with van der Waals surface area (Å²) in [5.41, 5.74) is 0. The van der Waals surface area contributed by atoms with E-state index < -0.39 is 0 Å². The Morgan fingerprint density at radius 3 is 2.67 bits per heavy atom. The molecular formula is C6H13NOS. The number of Topliss-reactive ketones (excluding diaryl/α,β-unsaturated/α-hetero) is 1. The minimum Gasteiger partial charge on any atom is -0.299 e. The molecule has 9 heavy (non-hydrogen) atoms.